The van der Waals surface area contributed by atoms with E-state index in [1.807, 2.05) is 0 Å². The molecule has 6 aliphatic rings. The monoisotopic (exact) mass is 684 g/mol. The van der Waals surface area contributed by atoms with Gasteiger partial charge in [0, 0.05) is 21.3 Å². The van der Waals surface area contributed by atoms with Crippen molar-refractivity contribution in [1.82, 2.24) is 0 Å². The van der Waals surface area contributed by atoms with Crippen LogP contribution in [0, 0.1) is 0 Å². The summed E-state index contributed by atoms with van der Waals surface area (Å²) in [6.07, 6.45) is 0. The normalized spacial score (nSPS) is 22.9. The van der Waals surface area contributed by atoms with Crippen LogP contribution in [0.15, 0.2) is 146 Å². The highest BCUT2D eigenvalue weighted by atomic mass is 32.2. The molecule has 248 valence electrons. The van der Waals surface area contributed by atoms with Gasteiger partial charge < -0.3 is 0 Å². The Kier molecular flexibility index (Phi) is 7.20. The van der Waals surface area contributed by atoms with E-state index in [1.54, 1.807) is 0 Å². The fourth-order valence-corrected chi connectivity index (χ4v) is 13.2. The molecular weight excluding hydrogens is 641 g/mol. The first-order valence-corrected chi connectivity index (χ1v) is 19.6. The van der Waals surface area contributed by atoms with Crippen LogP contribution in [-0.4, -0.2) is 9.49 Å². The van der Waals surface area contributed by atoms with Gasteiger partial charge in [-0.05, 0) is 66.8 Å². The summed E-state index contributed by atoms with van der Waals surface area (Å²) in [7, 11) is 0. The third-order valence-electron chi connectivity index (χ3n) is 10.8. The van der Waals surface area contributed by atoms with Crippen LogP contribution in [0.3, 0.4) is 0 Å². The van der Waals surface area contributed by atoms with E-state index in [4.69, 9.17) is 0 Å². The first-order chi connectivity index (χ1) is 24.0. The number of benzene rings is 6. The van der Waals surface area contributed by atoms with E-state index in [-0.39, 0.29) is 19.0 Å². The maximum Gasteiger partial charge on any atom is 0.0921 e. The molecule has 0 saturated carbocycles. The highest BCUT2D eigenvalue weighted by Crippen LogP contribution is 2.66. The summed E-state index contributed by atoms with van der Waals surface area (Å²) in [6.45, 7) is 14.0. The molecule has 0 saturated heterocycles. The van der Waals surface area contributed by atoms with Crippen LogP contribution in [0.1, 0.15) is 120 Å². The Morgan fingerprint density at radius 3 is 0.680 bits per heavy atom. The van der Waals surface area contributed by atoms with E-state index in [0.717, 1.165) is 0 Å². The summed E-state index contributed by atoms with van der Waals surface area (Å²) in [4.78, 5) is 0. The van der Waals surface area contributed by atoms with Crippen molar-refractivity contribution in [3.63, 3.8) is 0 Å². The Hall–Kier alpha value is -3.98. The minimum atomic E-state index is -0.114. The molecule has 0 heterocycles. The van der Waals surface area contributed by atoms with E-state index >= 15 is 0 Å². The van der Waals surface area contributed by atoms with Crippen molar-refractivity contribution in [2.24, 2.45) is 0 Å². The highest BCUT2D eigenvalue weighted by molar-refractivity contribution is 8.02. The molecule has 0 aromatic heterocycles. The standard InChI is InChI=1S/2C24H22S/c2*1-23(2,3)25-24-19-13-7-4-10-16(19)22(17-11-5-8-14-20(17)24)18-12-6-9-15-21(18)24/h2*4-15,22H,1-3H3. The lowest BCUT2D eigenvalue weighted by Gasteiger charge is -2.52. The van der Waals surface area contributed by atoms with Crippen molar-refractivity contribution >= 4 is 23.5 Å². The van der Waals surface area contributed by atoms with Gasteiger partial charge in [0.15, 0.2) is 0 Å². The maximum atomic E-state index is 2.35. The lowest BCUT2D eigenvalue weighted by molar-refractivity contribution is 0.693. The van der Waals surface area contributed by atoms with E-state index in [9.17, 15) is 0 Å². The summed E-state index contributed by atoms with van der Waals surface area (Å²) < 4.78 is 0.0720. The zero-order valence-corrected chi connectivity index (χ0v) is 31.5. The molecule has 6 aromatic rings. The number of hydrogen-bond acceptors (Lipinski definition) is 2. The average molecular weight is 685 g/mol. The molecule has 0 unspecified atom stereocenters. The molecule has 0 spiro atoms. The Balaban J connectivity index is 0.000000135. The van der Waals surface area contributed by atoms with Crippen LogP contribution in [0.2, 0.25) is 0 Å². The Morgan fingerprint density at radius 1 is 0.320 bits per heavy atom. The molecule has 12 rings (SSSR count). The smallest absolute Gasteiger partial charge is 0.0921 e. The number of thioether (sulfide) groups is 2. The molecule has 0 fully saturated rings. The molecule has 6 aliphatic carbocycles. The van der Waals surface area contributed by atoms with Gasteiger partial charge in [0.25, 0.3) is 0 Å². The molecule has 0 atom stereocenters. The van der Waals surface area contributed by atoms with Crippen LogP contribution < -0.4 is 0 Å². The van der Waals surface area contributed by atoms with E-state index < -0.39 is 0 Å². The third-order valence-corrected chi connectivity index (χ3v) is 14.0. The van der Waals surface area contributed by atoms with Gasteiger partial charge in [0.2, 0.25) is 0 Å². The molecule has 0 radical (unpaired) electrons. The van der Waals surface area contributed by atoms with E-state index in [0.29, 0.717) is 11.8 Å². The molecule has 0 N–H and O–H groups in total. The van der Waals surface area contributed by atoms with E-state index in [1.165, 1.54) is 66.8 Å². The van der Waals surface area contributed by atoms with Crippen LogP contribution >= 0.6 is 23.5 Å². The van der Waals surface area contributed by atoms with Crippen molar-refractivity contribution < 1.29 is 0 Å². The van der Waals surface area contributed by atoms with E-state index in [2.05, 4.69) is 211 Å². The largest absolute Gasteiger partial charge is 0.135 e. The summed E-state index contributed by atoms with van der Waals surface area (Å²) in [5, 5.41) is 0. The van der Waals surface area contributed by atoms with Gasteiger partial charge in [-0.2, -0.15) is 0 Å². The Morgan fingerprint density at radius 2 is 0.500 bits per heavy atom. The zero-order chi connectivity index (χ0) is 34.5. The maximum absolute atomic E-state index is 2.35. The molecular formula is C48H44S2. The Bertz CT molecular complexity index is 1890. The molecule has 50 heavy (non-hydrogen) atoms. The second kappa shape index (κ2) is 11.3. The average Bonchev–Trinajstić information content (AvgIpc) is 3.11. The molecule has 4 bridgehead atoms. The number of rotatable bonds is 2. The van der Waals surface area contributed by atoms with Crippen molar-refractivity contribution in [3.05, 3.63) is 212 Å². The van der Waals surface area contributed by atoms with Gasteiger partial charge >= 0.3 is 0 Å². The van der Waals surface area contributed by atoms with Crippen molar-refractivity contribution in [3.8, 4) is 0 Å². The highest BCUT2D eigenvalue weighted by Gasteiger charge is 2.54. The zero-order valence-electron chi connectivity index (χ0n) is 29.8. The van der Waals surface area contributed by atoms with Gasteiger partial charge in [-0.1, -0.05) is 187 Å². The predicted octanol–water partition coefficient (Wildman–Crippen LogP) is 12.6. The van der Waals surface area contributed by atoms with Crippen molar-refractivity contribution in [2.45, 2.75) is 72.4 Å². The molecule has 0 amide bonds. The minimum Gasteiger partial charge on any atom is -0.135 e. The van der Waals surface area contributed by atoms with Gasteiger partial charge in [0.05, 0.1) is 9.49 Å². The molecule has 6 aromatic carbocycles. The van der Waals surface area contributed by atoms with Crippen LogP contribution in [0.4, 0.5) is 0 Å². The second-order valence-corrected chi connectivity index (χ2v) is 20.3. The fourth-order valence-electron chi connectivity index (χ4n) is 9.54. The quantitative estimate of drug-likeness (QED) is 0.178. The third kappa shape index (κ3) is 4.54. The second-order valence-electron chi connectivity index (χ2n) is 16.2. The van der Waals surface area contributed by atoms with Gasteiger partial charge in [-0.15, -0.1) is 23.5 Å². The molecule has 0 nitrogen and oxygen atoms in total. The summed E-state index contributed by atoms with van der Waals surface area (Å²) in [6, 6.07) is 54.5. The van der Waals surface area contributed by atoms with Gasteiger partial charge in [-0.25, -0.2) is 0 Å². The van der Waals surface area contributed by atoms with Gasteiger partial charge in [0.1, 0.15) is 0 Å². The first-order valence-electron chi connectivity index (χ1n) is 18.0. The molecule has 2 heteroatoms. The Labute approximate surface area is 306 Å². The van der Waals surface area contributed by atoms with Crippen LogP contribution in [0.5, 0.6) is 0 Å². The van der Waals surface area contributed by atoms with Crippen LogP contribution in [0.25, 0.3) is 0 Å². The van der Waals surface area contributed by atoms with Crippen LogP contribution in [-0.2, 0) is 9.49 Å². The lowest BCUT2D eigenvalue weighted by Crippen LogP contribution is -2.42. The SMILES string of the molecule is CC(C)(C)SC12c3ccccc3C(c3ccccc31)c1ccccc12.CC(C)(C)SC12c3ccccc3C(c3ccccc31)c1ccccc12. The predicted molar refractivity (Wildman–Crippen MR) is 215 cm³/mol. The molecule has 0 aliphatic heterocycles. The summed E-state index contributed by atoms with van der Waals surface area (Å²) in [5.41, 5.74) is 17.8. The van der Waals surface area contributed by atoms with Gasteiger partial charge in [-0.3, -0.25) is 0 Å². The number of hydrogen-bond donors (Lipinski definition) is 0. The van der Waals surface area contributed by atoms with Crippen molar-refractivity contribution in [2.75, 3.05) is 0 Å². The fraction of sp³-hybridized carbons (Fsp3) is 0.250. The van der Waals surface area contributed by atoms with Crippen molar-refractivity contribution in [1.29, 1.82) is 0 Å². The summed E-state index contributed by atoms with van der Waals surface area (Å²) >= 11 is 4.18. The minimum absolute atomic E-state index is 0.114. The first kappa shape index (κ1) is 32.0. The summed E-state index contributed by atoms with van der Waals surface area (Å²) in [5.74, 6) is 0.733. The topological polar surface area (TPSA) is 0 Å². The lowest BCUT2D eigenvalue weighted by atomic mass is 9.60.